The third-order valence-electron chi connectivity index (χ3n) is 4.02. The van der Waals surface area contributed by atoms with Crippen LogP contribution in [0.1, 0.15) is 18.4 Å². The molecule has 6 nitrogen and oxygen atoms in total. The van der Waals surface area contributed by atoms with Crippen molar-refractivity contribution in [1.82, 2.24) is 9.80 Å². The van der Waals surface area contributed by atoms with Crippen molar-refractivity contribution in [2.45, 2.75) is 25.4 Å². The van der Waals surface area contributed by atoms with Crippen molar-refractivity contribution in [3.05, 3.63) is 34.9 Å². The van der Waals surface area contributed by atoms with Gasteiger partial charge in [-0.3, -0.25) is 4.79 Å². The monoisotopic (exact) mass is 339 g/mol. The smallest absolute Gasteiger partial charge is 0.315 e. The summed E-state index contributed by atoms with van der Waals surface area (Å²) in [5.74, 6) is -0.113. The molecule has 1 aromatic carbocycles. The Balaban J connectivity index is 2.15. The fourth-order valence-electron chi connectivity index (χ4n) is 2.80. The molecule has 2 rings (SSSR count). The molecule has 7 heteroatoms. The standard InChI is InChI=1S/C16H22ClN3O3/c1-23-10-9-19(11-12-5-2-3-6-13(12)17)15(21)14-7-4-8-20(14)16(18)22/h2-3,5-6,14H,4,7-11H2,1H3,(H2,18,22)/t14-/m0/s1. The lowest BCUT2D eigenvalue weighted by Crippen LogP contribution is -2.49. The van der Waals surface area contributed by atoms with Crippen molar-refractivity contribution < 1.29 is 14.3 Å². The van der Waals surface area contributed by atoms with Gasteiger partial charge in [-0.2, -0.15) is 0 Å². The minimum Gasteiger partial charge on any atom is -0.383 e. The van der Waals surface area contributed by atoms with E-state index in [1.54, 1.807) is 18.1 Å². The van der Waals surface area contributed by atoms with Crippen LogP contribution in [-0.4, -0.2) is 54.6 Å². The maximum Gasteiger partial charge on any atom is 0.315 e. The van der Waals surface area contributed by atoms with Crippen molar-refractivity contribution in [1.29, 1.82) is 0 Å². The Morgan fingerprint density at radius 3 is 2.83 bits per heavy atom. The highest BCUT2D eigenvalue weighted by molar-refractivity contribution is 6.31. The molecule has 126 valence electrons. The number of primary amides is 1. The minimum absolute atomic E-state index is 0.113. The molecular weight excluding hydrogens is 318 g/mol. The lowest BCUT2D eigenvalue weighted by molar-refractivity contribution is -0.136. The molecule has 1 aliphatic heterocycles. The summed E-state index contributed by atoms with van der Waals surface area (Å²) < 4.78 is 5.10. The van der Waals surface area contributed by atoms with Crippen molar-refractivity contribution in [3.8, 4) is 0 Å². The van der Waals surface area contributed by atoms with Gasteiger partial charge in [0.1, 0.15) is 6.04 Å². The van der Waals surface area contributed by atoms with Crippen molar-refractivity contribution in [2.24, 2.45) is 5.73 Å². The summed E-state index contributed by atoms with van der Waals surface area (Å²) in [6.07, 6.45) is 1.41. The second-order valence-corrected chi connectivity index (χ2v) is 5.94. The number of hydrogen-bond acceptors (Lipinski definition) is 3. The maximum absolute atomic E-state index is 12.9. The molecule has 1 aliphatic rings. The second kappa shape index (κ2) is 8.17. The van der Waals surface area contributed by atoms with Gasteiger partial charge in [0.15, 0.2) is 0 Å². The first-order chi connectivity index (χ1) is 11.0. The zero-order chi connectivity index (χ0) is 16.8. The van der Waals surface area contributed by atoms with E-state index in [1.165, 1.54) is 4.90 Å². The molecule has 1 aromatic rings. The van der Waals surface area contributed by atoms with Crippen LogP contribution < -0.4 is 5.73 Å². The number of methoxy groups -OCH3 is 1. The number of urea groups is 1. The SMILES string of the molecule is COCCN(Cc1ccccc1Cl)C(=O)[C@@H]1CCCN1C(N)=O. The Hall–Kier alpha value is -1.79. The molecule has 1 atom stereocenters. The van der Waals surface area contributed by atoms with Crippen LogP contribution in [-0.2, 0) is 16.1 Å². The number of carbonyl (C=O) groups is 2. The van der Waals surface area contributed by atoms with Gasteiger partial charge in [-0.15, -0.1) is 0 Å². The topological polar surface area (TPSA) is 75.9 Å². The van der Waals surface area contributed by atoms with Gasteiger partial charge in [-0.05, 0) is 24.5 Å². The van der Waals surface area contributed by atoms with Gasteiger partial charge < -0.3 is 20.3 Å². The Kier molecular flexibility index (Phi) is 6.24. The number of benzene rings is 1. The molecule has 0 spiro atoms. The quantitative estimate of drug-likeness (QED) is 0.859. The molecule has 1 saturated heterocycles. The first-order valence-corrected chi connectivity index (χ1v) is 7.99. The van der Waals surface area contributed by atoms with Crippen molar-refractivity contribution in [2.75, 3.05) is 26.8 Å². The first-order valence-electron chi connectivity index (χ1n) is 7.61. The molecule has 0 unspecified atom stereocenters. The van der Waals surface area contributed by atoms with E-state index in [0.29, 0.717) is 37.7 Å². The fraction of sp³-hybridized carbons (Fsp3) is 0.500. The normalized spacial score (nSPS) is 17.3. The first kappa shape index (κ1) is 17.6. The third-order valence-corrected chi connectivity index (χ3v) is 4.39. The fourth-order valence-corrected chi connectivity index (χ4v) is 2.99. The Bertz CT molecular complexity index is 567. The molecular formula is C16H22ClN3O3. The number of nitrogens with two attached hydrogens (primary N) is 1. The van der Waals surface area contributed by atoms with Crippen LogP contribution >= 0.6 is 11.6 Å². The zero-order valence-electron chi connectivity index (χ0n) is 13.2. The third kappa shape index (κ3) is 4.36. The van der Waals surface area contributed by atoms with Gasteiger partial charge >= 0.3 is 6.03 Å². The van der Waals surface area contributed by atoms with Gasteiger partial charge in [0, 0.05) is 31.8 Å². The van der Waals surface area contributed by atoms with Gasteiger partial charge in [0.2, 0.25) is 5.91 Å². The van der Waals surface area contributed by atoms with E-state index in [-0.39, 0.29) is 5.91 Å². The van der Waals surface area contributed by atoms with Gasteiger partial charge in [-0.1, -0.05) is 29.8 Å². The van der Waals surface area contributed by atoms with Crippen LogP contribution in [0.15, 0.2) is 24.3 Å². The number of amides is 3. The molecule has 0 saturated carbocycles. The van der Waals surface area contributed by atoms with Crippen LogP contribution in [0.25, 0.3) is 0 Å². The number of rotatable bonds is 6. The number of carbonyl (C=O) groups excluding carboxylic acids is 2. The summed E-state index contributed by atoms with van der Waals surface area (Å²) >= 11 is 6.19. The number of halogens is 1. The Morgan fingerprint density at radius 1 is 1.43 bits per heavy atom. The van der Waals surface area contributed by atoms with Crippen LogP contribution in [0.5, 0.6) is 0 Å². The van der Waals surface area contributed by atoms with Crippen molar-refractivity contribution in [3.63, 3.8) is 0 Å². The summed E-state index contributed by atoms with van der Waals surface area (Å²) in [6.45, 7) is 1.75. The van der Waals surface area contributed by atoms with Crippen LogP contribution in [0.4, 0.5) is 4.79 Å². The maximum atomic E-state index is 12.9. The van der Waals surface area contributed by atoms with E-state index in [4.69, 9.17) is 22.1 Å². The average molecular weight is 340 g/mol. The predicted octanol–water partition coefficient (Wildman–Crippen LogP) is 1.86. The average Bonchev–Trinajstić information content (AvgIpc) is 3.02. The van der Waals surface area contributed by atoms with Crippen molar-refractivity contribution >= 4 is 23.5 Å². The number of hydrogen-bond donors (Lipinski definition) is 1. The Labute approximate surface area is 141 Å². The number of likely N-dealkylation sites (tertiary alicyclic amines) is 1. The molecule has 0 bridgehead atoms. The number of ether oxygens (including phenoxy) is 1. The molecule has 1 heterocycles. The molecule has 1 fully saturated rings. The second-order valence-electron chi connectivity index (χ2n) is 5.53. The van der Waals surface area contributed by atoms with Gasteiger partial charge in [-0.25, -0.2) is 4.79 Å². The van der Waals surface area contributed by atoms with Gasteiger partial charge in [0.05, 0.1) is 6.61 Å². The molecule has 23 heavy (non-hydrogen) atoms. The molecule has 0 aliphatic carbocycles. The summed E-state index contributed by atoms with van der Waals surface area (Å²) in [4.78, 5) is 27.5. The predicted molar refractivity (Wildman–Crippen MR) is 88.1 cm³/mol. The van der Waals surface area contributed by atoms with E-state index in [0.717, 1.165) is 12.0 Å². The highest BCUT2D eigenvalue weighted by Crippen LogP contribution is 2.22. The van der Waals surface area contributed by atoms with E-state index >= 15 is 0 Å². The van der Waals surface area contributed by atoms with Crippen LogP contribution in [0, 0.1) is 0 Å². The molecule has 2 N–H and O–H groups in total. The summed E-state index contributed by atoms with van der Waals surface area (Å²) in [5, 5.41) is 0.612. The molecule has 0 radical (unpaired) electrons. The highest BCUT2D eigenvalue weighted by Gasteiger charge is 2.35. The van der Waals surface area contributed by atoms with E-state index in [1.807, 2.05) is 18.2 Å². The zero-order valence-corrected chi connectivity index (χ0v) is 14.0. The minimum atomic E-state index is -0.551. The molecule has 0 aromatic heterocycles. The number of nitrogens with zero attached hydrogens (tertiary/aromatic N) is 2. The lowest BCUT2D eigenvalue weighted by atomic mass is 10.1. The highest BCUT2D eigenvalue weighted by atomic mass is 35.5. The van der Waals surface area contributed by atoms with Crippen LogP contribution in [0.3, 0.4) is 0 Å². The summed E-state index contributed by atoms with van der Waals surface area (Å²) in [6, 6.07) is 6.36. The van der Waals surface area contributed by atoms with E-state index in [2.05, 4.69) is 0 Å². The van der Waals surface area contributed by atoms with Gasteiger partial charge in [0.25, 0.3) is 0 Å². The van der Waals surface area contributed by atoms with Crippen LogP contribution in [0.2, 0.25) is 5.02 Å². The molecule has 3 amide bonds. The Morgan fingerprint density at radius 2 is 2.17 bits per heavy atom. The van der Waals surface area contributed by atoms with E-state index in [9.17, 15) is 9.59 Å². The summed E-state index contributed by atoms with van der Waals surface area (Å²) in [5.41, 5.74) is 6.24. The van der Waals surface area contributed by atoms with E-state index < -0.39 is 12.1 Å². The lowest BCUT2D eigenvalue weighted by Gasteiger charge is -2.29. The largest absolute Gasteiger partial charge is 0.383 e. The summed E-state index contributed by atoms with van der Waals surface area (Å²) in [7, 11) is 1.59.